The molecule has 2 aromatic rings. The average molecular weight is 335 g/mol. The van der Waals surface area contributed by atoms with E-state index in [0.29, 0.717) is 5.02 Å². The second-order valence-electron chi connectivity index (χ2n) is 6.20. The predicted molar refractivity (Wildman–Crippen MR) is 88.5 cm³/mol. The third-order valence-corrected chi connectivity index (χ3v) is 4.51. The summed E-state index contributed by atoms with van der Waals surface area (Å²) in [6.45, 7) is 1.90. The Morgan fingerprint density at radius 2 is 2.17 bits per heavy atom. The number of H-pyrrole nitrogens is 1. The summed E-state index contributed by atoms with van der Waals surface area (Å²) in [7, 11) is 0. The Labute approximate surface area is 139 Å². The van der Waals surface area contributed by atoms with Gasteiger partial charge in [0.05, 0.1) is 12.3 Å². The predicted octanol–water partition coefficient (Wildman–Crippen LogP) is 3.08. The maximum absolute atomic E-state index is 12.7. The van der Waals surface area contributed by atoms with E-state index in [1.165, 1.54) is 0 Å². The molecular formula is C17H19ClN2O3. The van der Waals surface area contributed by atoms with Gasteiger partial charge >= 0.3 is 5.97 Å². The lowest BCUT2D eigenvalue weighted by atomic mass is 10.1. The van der Waals surface area contributed by atoms with Crippen LogP contribution < -0.4 is 0 Å². The smallest absolute Gasteiger partial charge is 0.308 e. The lowest BCUT2D eigenvalue weighted by molar-refractivity contribution is -0.143. The van der Waals surface area contributed by atoms with Crippen molar-refractivity contribution in [3.63, 3.8) is 0 Å². The number of hydrogen-bond acceptors (Lipinski definition) is 2. The molecule has 0 bridgehead atoms. The van der Waals surface area contributed by atoms with E-state index in [1.54, 1.807) is 17.9 Å². The Morgan fingerprint density at radius 3 is 2.83 bits per heavy atom. The van der Waals surface area contributed by atoms with E-state index >= 15 is 0 Å². The first-order valence-electron chi connectivity index (χ1n) is 7.73. The molecule has 1 atom stereocenters. The van der Waals surface area contributed by atoms with Crippen LogP contribution in [0.15, 0.2) is 24.4 Å². The number of amides is 1. The maximum Gasteiger partial charge on any atom is 0.308 e. The van der Waals surface area contributed by atoms with Crippen molar-refractivity contribution in [2.45, 2.75) is 32.2 Å². The second kappa shape index (κ2) is 6.24. The van der Waals surface area contributed by atoms with E-state index in [-0.39, 0.29) is 24.9 Å². The Balaban J connectivity index is 1.78. The molecule has 0 saturated heterocycles. The summed E-state index contributed by atoms with van der Waals surface area (Å²) < 4.78 is 0. The van der Waals surface area contributed by atoms with Gasteiger partial charge in [-0.05, 0) is 36.6 Å². The maximum atomic E-state index is 12.7. The summed E-state index contributed by atoms with van der Waals surface area (Å²) in [5.41, 5.74) is 1.83. The number of rotatable bonds is 6. The number of halogens is 1. The molecule has 122 valence electrons. The number of carbonyl (C=O) groups is 2. The van der Waals surface area contributed by atoms with E-state index in [0.717, 1.165) is 29.3 Å². The van der Waals surface area contributed by atoms with Crippen molar-refractivity contribution >= 4 is 34.4 Å². The van der Waals surface area contributed by atoms with Gasteiger partial charge in [-0.1, -0.05) is 18.5 Å². The van der Waals surface area contributed by atoms with E-state index < -0.39 is 11.9 Å². The van der Waals surface area contributed by atoms with E-state index in [9.17, 15) is 9.59 Å². The van der Waals surface area contributed by atoms with E-state index in [2.05, 4.69) is 4.98 Å². The van der Waals surface area contributed by atoms with Crippen molar-refractivity contribution in [3.05, 3.63) is 35.0 Å². The lowest BCUT2D eigenvalue weighted by Crippen LogP contribution is -2.39. The largest absolute Gasteiger partial charge is 0.481 e. The SMILES string of the molecule is CC(CN(C(=O)Cc1c[nH]c2ccc(Cl)cc12)C1CC1)C(=O)O. The Kier molecular flexibility index (Phi) is 4.31. The van der Waals surface area contributed by atoms with Crippen LogP contribution in [0, 0.1) is 5.92 Å². The zero-order valence-corrected chi connectivity index (χ0v) is 13.6. The molecular weight excluding hydrogens is 316 g/mol. The van der Waals surface area contributed by atoms with Crippen LogP contribution in [-0.2, 0) is 16.0 Å². The van der Waals surface area contributed by atoms with Crippen molar-refractivity contribution in [3.8, 4) is 0 Å². The number of aliphatic carboxylic acids is 1. The molecule has 3 rings (SSSR count). The van der Waals surface area contributed by atoms with Crippen molar-refractivity contribution < 1.29 is 14.7 Å². The minimum atomic E-state index is -0.873. The van der Waals surface area contributed by atoms with Gasteiger partial charge in [-0.25, -0.2) is 0 Å². The van der Waals surface area contributed by atoms with Gasteiger partial charge in [-0.3, -0.25) is 9.59 Å². The molecule has 0 aliphatic heterocycles. The van der Waals surface area contributed by atoms with Crippen LogP contribution in [0.2, 0.25) is 5.02 Å². The van der Waals surface area contributed by atoms with Crippen molar-refractivity contribution in [1.82, 2.24) is 9.88 Å². The summed E-state index contributed by atoms with van der Waals surface area (Å²) in [5.74, 6) is -1.46. The van der Waals surface area contributed by atoms with Crippen LogP contribution in [-0.4, -0.2) is 39.5 Å². The minimum Gasteiger partial charge on any atom is -0.481 e. The number of aromatic nitrogens is 1. The summed E-state index contributed by atoms with van der Waals surface area (Å²) in [6.07, 6.45) is 3.99. The van der Waals surface area contributed by atoms with Gasteiger partial charge < -0.3 is 15.0 Å². The zero-order chi connectivity index (χ0) is 16.6. The van der Waals surface area contributed by atoms with Crippen LogP contribution >= 0.6 is 11.6 Å². The number of carboxylic acids is 1. The second-order valence-corrected chi connectivity index (χ2v) is 6.63. The minimum absolute atomic E-state index is 0.0264. The molecule has 5 nitrogen and oxygen atoms in total. The molecule has 6 heteroatoms. The molecule has 1 fully saturated rings. The third kappa shape index (κ3) is 3.50. The number of hydrogen-bond donors (Lipinski definition) is 2. The third-order valence-electron chi connectivity index (χ3n) is 4.27. The van der Waals surface area contributed by atoms with Gasteiger partial charge in [0, 0.05) is 34.7 Å². The first kappa shape index (κ1) is 15.9. The highest BCUT2D eigenvalue weighted by Gasteiger charge is 2.34. The number of aromatic amines is 1. The first-order valence-corrected chi connectivity index (χ1v) is 8.11. The van der Waals surface area contributed by atoms with E-state index in [4.69, 9.17) is 16.7 Å². The lowest BCUT2D eigenvalue weighted by Gasteiger charge is -2.24. The highest BCUT2D eigenvalue weighted by atomic mass is 35.5. The van der Waals surface area contributed by atoms with Crippen LogP contribution in [0.1, 0.15) is 25.3 Å². The normalized spacial score (nSPS) is 15.6. The molecule has 2 N–H and O–H groups in total. The molecule has 1 unspecified atom stereocenters. The molecule has 1 aromatic heterocycles. The molecule has 0 spiro atoms. The van der Waals surface area contributed by atoms with Crippen molar-refractivity contribution in [1.29, 1.82) is 0 Å². The Morgan fingerprint density at radius 1 is 1.43 bits per heavy atom. The number of nitrogens with one attached hydrogen (secondary N) is 1. The Bertz CT molecular complexity index is 751. The molecule has 1 saturated carbocycles. The molecule has 0 radical (unpaired) electrons. The molecule has 1 heterocycles. The number of carboxylic acid groups (broad SMARTS) is 1. The van der Waals surface area contributed by atoms with Gasteiger partial charge in [0.1, 0.15) is 0 Å². The van der Waals surface area contributed by atoms with Crippen molar-refractivity contribution in [2.75, 3.05) is 6.54 Å². The van der Waals surface area contributed by atoms with Gasteiger partial charge in [0.15, 0.2) is 0 Å². The summed E-state index contributed by atoms with van der Waals surface area (Å²) in [4.78, 5) is 28.6. The molecule has 1 aliphatic carbocycles. The summed E-state index contributed by atoms with van der Waals surface area (Å²) in [5, 5.41) is 10.7. The molecule has 1 amide bonds. The van der Waals surface area contributed by atoms with Gasteiger partial charge in [-0.15, -0.1) is 0 Å². The summed E-state index contributed by atoms with van der Waals surface area (Å²) in [6, 6.07) is 5.73. The summed E-state index contributed by atoms with van der Waals surface area (Å²) >= 11 is 6.04. The van der Waals surface area contributed by atoms with Crippen molar-refractivity contribution in [2.24, 2.45) is 5.92 Å². The van der Waals surface area contributed by atoms with Gasteiger partial charge in [-0.2, -0.15) is 0 Å². The number of carbonyl (C=O) groups excluding carboxylic acids is 1. The van der Waals surface area contributed by atoms with Gasteiger partial charge in [0.2, 0.25) is 5.91 Å². The average Bonchev–Trinajstić information content (AvgIpc) is 3.27. The van der Waals surface area contributed by atoms with E-state index in [1.807, 2.05) is 18.3 Å². The molecule has 1 aromatic carbocycles. The number of fused-ring (bicyclic) bond motifs is 1. The fraction of sp³-hybridized carbons (Fsp3) is 0.412. The number of benzene rings is 1. The first-order chi connectivity index (χ1) is 11.0. The topological polar surface area (TPSA) is 73.4 Å². The highest BCUT2D eigenvalue weighted by Crippen LogP contribution is 2.29. The quantitative estimate of drug-likeness (QED) is 0.852. The van der Waals surface area contributed by atoms with Crippen LogP contribution in [0.3, 0.4) is 0 Å². The standard InChI is InChI=1S/C17H19ClN2O3/c1-10(17(22)23)9-20(13-3-4-13)16(21)6-11-8-19-15-5-2-12(18)7-14(11)15/h2,5,7-8,10,13,19H,3-4,6,9H2,1H3,(H,22,23). The fourth-order valence-electron chi connectivity index (χ4n) is 2.78. The zero-order valence-electron chi connectivity index (χ0n) is 12.9. The molecule has 1 aliphatic rings. The highest BCUT2D eigenvalue weighted by molar-refractivity contribution is 6.31. The van der Waals surface area contributed by atoms with Crippen LogP contribution in [0.5, 0.6) is 0 Å². The fourth-order valence-corrected chi connectivity index (χ4v) is 2.95. The Hall–Kier alpha value is -2.01. The molecule has 23 heavy (non-hydrogen) atoms. The number of nitrogens with zero attached hydrogens (tertiary/aromatic N) is 1. The monoisotopic (exact) mass is 334 g/mol. The van der Waals surface area contributed by atoms with Gasteiger partial charge in [0.25, 0.3) is 0 Å². The van der Waals surface area contributed by atoms with Crippen LogP contribution in [0.25, 0.3) is 10.9 Å². The van der Waals surface area contributed by atoms with Crippen LogP contribution in [0.4, 0.5) is 0 Å².